The van der Waals surface area contributed by atoms with Crippen molar-refractivity contribution in [3.63, 3.8) is 0 Å². The van der Waals surface area contributed by atoms with E-state index >= 15 is 0 Å². The van der Waals surface area contributed by atoms with Crippen LogP contribution in [-0.4, -0.2) is 76.4 Å². The van der Waals surface area contributed by atoms with Crippen LogP contribution in [-0.2, 0) is 20.7 Å². The van der Waals surface area contributed by atoms with Gasteiger partial charge in [-0.15, -0.1) is 0 Å². The third-order valence-corrected chi connectivity index (χ3v) is 7.45. The number of hydrogen-bond donors (Lipinski definition) is 3. The van der Waals surface area contributed by atoms with Crippen molar-refractivity contribution in [2.24, 2.45) is 11.7 Å². The van der Waals surface area contributed by atoms with Crippen LogP contribution in [0.25, 0.3) is 5.65 Å². The highest BCUT2D eigenvalue weighted by Gasteiger charge is 2.39. The van der Waals surface area contributed by atoms with Gasteiger partial charge < -0.3 is 21.1 Å². The van der Waals surface area contributed by atoms with Crippen LogP contribution >= 0.6 is 0 Å². The number of ether oxygens (including phenoxy) is 1. The Labute approximate surface area is 211 Å². The van der Waals surface area contributed by atoms with Crippen LogP contribution in [0.3, 0.4) is 0 Å². The molecule has 2 aromatic rings. The molecule has 3 heterocycles. The Bertz CT molecular complexity index is 1090. The van der Waals surface area contributed by atoms with Crippen molar-refractivity contribution in [2.75, 3.05) is 32.8 Å². The van der Waals surface area contributed by atoms with Gasteiger partial charge in [0, 0.05) is 31.4 Å². The molecule has 1 atom stereocenters. The van der Waals surface area contributed by atoms with Crippen molar-refractivity contribution < 1.29 is 19.1 Å². The van der Waals surface area contributed by atoms with E-state index < -0.39 is 11.9 Å². The van der Waals surface area contributed by atoms with Crippen LogP contribution in [0.1, 0.15) is 62.1 Å². The summed E-state index contributed by atoms with van der Waals surface area (Å²) in [4.78, 5) is 44.5. The SMILES string of the molecule is CC(C)[C@H](NC(=O)Cc1cn2c(C(=O)NCC3(N4CCOCC4)CCCCC3)cccc2n1)C(N)=O. The first-order chi connectivity index (χ1) is 17.3. The van der Waals surface area contributed by atoms with E-state index in [9.17, 15) is 14.4 Å². The molecular formula is C26H38N6O4. The van der Waals surface area contributed by atoms with Crippen LogP contribution < -0.4 is 16.4 Å². The van der Waals surface area contributed by atoms with Gasteiger partial charge in [0.05, 0.1) is 25.3 Å². The molecule has 0 spiro atoms. The molecule has 1 saturated carbocycles. The van der Waals surface area contributed by atoms with E-state index in [0.717, 1.165) is 39.1 Å². The third-order valence-electron chi connectivity index (χ3n) is 7.45. The first-order valence-electron chi connectivity index (χ1n) is 13.0. The van der Waals surface area contributed by atoms with Gasteiger partial charge in [-0.3, -0.25) is 23.7 Å². The minimum atomic E-state index is -0.741. The molecule has 1 saturated heterocycles. The molecule has 0 unspecified atom stereocenters. The number of nitrogens with two attached hydrogens (primary N) is 1. The molecule has 3 amide bonds. The van der Waals surface area contributed by atoms with E-state index in [4.69, 9.17) is 10.5 Å². The van der Waals surface area contributed by atoms with Gasteiger partial charge in [-0.2, -0.15) is 0 Å². The largest absolute Gasteiger partial charge is 0.379 e. The van der Waals surface area contributed by atoms with E-state index in [1.54, 1.807) is 28.8 Å². The highest BCUT2D eigenvalue weighted by atomic mass is 16.5. The molecule has 4 N–H and O–H groups in total. The zero-order valence-electron chi connectivity index (χ0n) is 21.3. The Morgan fingerprint density at radius 2 is 1.86 bits per heavy atom. The summed E-state index contributed by atoms with van der Waals surface area (Å²) in [6, 6.07) is 4.61. The first-order valence-corrected chi connectivity index (χ1v) is 13.0. The normalized spacial score (nSPS) is 19.2. The topological polar surface area (TPSA) is 131 Å². The van der Waals surface area contributed by atoms with Gasteiger partial charge >= 0.3 is 0 Å². The molecule has 36 heavy (non-hydrogen) atoms. The molecule has 2 aromatic heterocycles. The lowest BCUT2D eigenvalue weighted by Crippen LogP contribution is -2.59. The number of fused-ring (bicyclic) bond motifs is 1. The monoisotopic (exact) mass is 498 g/mol. The lowest BCUT2D eigenvalue weighted by atomic mass is 9.79. The molecule has 0 bridgehead atoms. The predicted octanol–water partition coefficient (Wildman–Crippen LogP) is 1.27. The van der Waals surface area contributed by atoms with Gasteiger partial charge in [-0.25, -0.2) is 4.98 Å². The summed E-state index contributed by atoms with van der Waals surface area (Å²) >= 11 is 0. The van der Waals surface area contributed by atoms with Crippen LogP contribution in [0.2, 0.25) is 0 Å². The van der Waals surface area contributed by atoms with E-state index in [-0.39, 0.29) is 29.7 Å². The zero-order chi connectivity index (χ0) is 25.7. The molecule has 196 valence electrons. The van der Waals surface area contributed by atoms with Gasteiger partial charge in [0.2, 0.25) is 11.8 Å². The van der Waals surface area contributed by atoms with Gasteiger partial charge in [0.25, 0.3) is 5.91 Å². The molecule has 1 aliphatic carbocycles. The Balaban J connectivity index is 1.46. The van der Waals surface area contributed by atoms with E-state index in [0.29, 0.717) is 23.6 Å². The zero-order valence-corrected chi connectivity index (χ0v) is 21.3. The molecule has 10 nitrogen and oxygen atoms in total. The molecule has 1 aliphatic heterocycles. The molecule has 2 fully saturated rings. The van der Waals surface area contributed by atoms with Crippen molar-refractivity contribution in [3.8, 4) is 0 Å². The van der Waals surface area contributed by atoms with E-state index in [2.05, 4.69) is 20.5 Å². The summed E-state index contributed by atoms with van der Waals surface area (Å²) in [7, 11) is 0. The predicted molar refractivity (Wildman–Crippen MR) is 135 cm³/mol. The molecule has 10 heteroatoms. The fourth-order valence-electron chi connectivity index (χ4n) is 5.47. The van der Waals surface area contributed by atoms with Gasteiger partial charge in [-0.1, -0.05) is 39.2 Å². The Hall–Kier alpha value is -2.98. The summed E-state index contributed by atoms with van der Waals surface area (Å²) in [5.41, 5.74) is 6.94. The number of carbonyl (C=O) groups is 3. The second kappa shape index (κ2) is 11.4. The van der Waals surface area contributed by atoms with Gasteiger partial charge in [0.1, 0.15) is 17.4 Å². The first kappa shape index (κ1) is 26.1. The highest BCUT2D eigenvalue weighted by molar-refractivity contribution is 5.93. The Kier molecular flexibility index (Phi) is 8.25. The van der Waals surface area contributed by atoms with Gasteiger partial charge in [-0.05, 0) is 30.9 Å². The summed E-state index contributed by atoms with van der Waals surface area (Å²) in [6.07, 6.45) is 7.42. The van der Waals surface area contributed by atoms with Gasteiger partial charge in [0.15, 0.2) is 0 Å². The second-order valence-electron chi connectivity index (χ2n) is 10.3. The minimum Gasteiger partial charge on any atom is -0.379 e. The maximum absolute atomic E-state index is 13.3. The summed E-state index contributed by atoms with van der Waals surface area (Å²) < 4.78 is 7.28. The summed E-state index contributed by atoms with van der Waals surface area (Å²) in [5.74, 6) is -1.19. The molecule has 0 aromatic carbocycles. The van der Waals surface area contributed by atoms with Crippen LogP contribution in [0.15, 0.2) is 24.4 Å². The van der Waals surface area contributed by atoms with Crippen molar-refractivity contribution in [2.45, 2.75) is 64.0 Å². The standard InChI is InChI=1S/C26H38N6O4/c1-18(2)23(24(27)34)30-22(33)15-19-16-32-20(7-6-8-21(32)29-19)25(35)28-17-26(9-4-3-5-10-26)31-11-13-36-14-12-31/h6-8,16,18,23H,3-5,9-15,17H2,1-2H3,(H2,27,34)(H,28,35)(H,30,33)/t23-/m0/s1. The summed E-state index contributed by atoms with van der Waals surface area (Å²) in [6.45, 7) is 7.49. The molecule has 2 aliphatic rings. The van der Waals surface area contributed by atoms with Crippen LogP contribution in [0.4, 0.5) is 0 Å². The maximum atomic E-state index is 13.3. The number of pyridine rings is 1. The van der Waals surface area contributed by atoms with Crippen LogP contribution in [0, 0.1) is 5.92 Å². The highest BCUT2D eigenvalue weighted by Crippen LogP contribution is 2.34. The quantitative estimate of drug-likeness (QED) is 0.477. The Morgan fingerprint density at radius 3 is 2.53 bits per heavy atom. The number of nitrogens with one attached hydrogen (secondary N) is 2. The lowest BCUT2D eigenvalue weighted by molar-refractivity contribution is -0.128. The number of primary amides is 1. The van der Waals surface area contributed by atoms with E-state index in [1.807, 2.05) is 13.8 Å². The second-order valence-corrected chi connectivity index (χ2v) is 10.3. The average Bonchev–Trinajstić information content (AvgIpc) is 3.29. The van der Waals surface area contributed by atoms with E-state index in [1.165, 1.54) is 19.3 Å². The van der Waals surface area contributed by atoms with Crippen molar-refractivity contribution in [1.29, 1.82) is 0 Å². The van der Waals surface area contributed by atoms with Crippen molar-refractivity contribution in [1.82, 2.24) is 24.9 Å². The number of morpholine rings is 1. The minimum absolute atomic E-state index is 0.0145. The molecule has 0 radical (unpaired) electrons. The Morgan fingerprint density at radius 1 is 1.14 bits per heavy atom. The lowest BCUT2D eigenvalue weighted by Gasteiger charge is -2.48. The third kappa shape index (κ3) is 5.87. The number of rotatable bonds is 9. The summed E-state index contributed by atoms with van der Waals surface area (Å²) in [5, 5.41) is 5.88. The van der Waals surface area contributed by atoms with Crippen molar-refractivity contribution >= 4 is 23.4 Å². The number of nitrogens with zero attached hydrogens (tertiary/aromatic N) is 3. The number of aromatic nitrogens is 2. The molecular weight excluding hydrogens is 460 g/mol. The number of hydrogen-bond acceptors (Lipinski definition) is 6. The fourth-order valence-corrected chi connectivity index (χ4v) is 5.47. The number of imidazole rings is 1. The van der Waals surface area contributed by atoms with Crippen LogP contribution in [0.5, 0.6) is 0 Å². The number of carbonyl (C=O) groups excluding carboxylic acids is 3. The fraction of sp³-hybridized carbons (Fsp3) is 0.615. The average molecular weight is 499 g/mol. The smallest absolute Gasteiger partial charge is 0.268 e. The number of amides is 3. The van der Waals surface area contributed by atoms with Crippen molar-refractivity contribution in [3.05, 3.63) is 35.8 Å². The maximum Gasteiger partial charge on any atom is 0.268 e. The molecule has 4 rings (SSSR count).